The van der Waals surface area contributed by atoms with Crippen molar-refractivity contribution in [3.05, 3.63) is 0 Å². The van der Waals surface area contributed by atoms with Crippen LogP contribution < -0.4 is 10.6 Å². The maximum absolute atomic E-state index is 11.5. The minimum Gasteiger partial charge on any atom is -0.480 e. The summed E-state index contributed by atoms with van der Waals surface area (Å²) in [7, 11) is 2.82. The van der Waals surface area contributed by atoms with Gasteiger partial charge in [-0.2, -0.15) is 0 Å². The summed E-state index contributed by atoms with van der Waals surface area (Å²) in [5, 5.41) is 13.8. The molecule has 0 aliphatic rings. The summed E-state index contributed by atoms with van der Waals surface area (Å²) >= 11 is 0. The lowest BCUT2D eigenvalue weighted by Crippen LogP contribution is -2.46. The number of esters is 1. The highest BCUT2D eigenvalue weighted by Crippen LogP contribution is 1.99. The first-order chi connectivity index (χ1) is 9.51. The van der Waals surface area contributed by atoms with E-state index in [0.29, 0.717) is 13.2 Å². The number of aliphatic carboxylic acids is 1. The van der Waals surface area contributed by atoms with Crippen LogP contribution in [-0.4, -0.2) is 56.5 Å². The van der Waals surface area contributed by atoms with Gasteiger partial charge in [0.2, 0.25) is 0 Å². The van der Waals surface area contributed by atoms with E-state index in [2.05, 4.69) is 15.4 Å². The molecule has 0 fully saturated rings. The zero-order chi connectivity index (χ0) is 15.4. The topological polar surface area (TPSA) is 114 Å². The molecule has 0 aliphatic carbocycles. The van der Waals surface area contributed by atoms with Crippen LogP contribution in [0.3, 0.4) is 0 Å². The zero-order valence-corrected chi connectivity index (χ0v) is 11.8. The number of amides is 2. The second-order valence-electron chi connectivity index (χ2n) is 4.11. The molecule has 0 unspecified atom stereocenters. The minimum absolute atomic E-state index is 0.0148. The second-order valence-corrected chi connectivity index (χ2v) is 4.11. The third kappa shape index (κ3) is 9.15. The van der Waals surface area contributed by atoms with Crippen LogP contribution in [0.4, 0.5) is 4.79 Å². The minimum atomic E-state index is -1.19. The fourth-order valence-corrected chi connectivity index (χ4v) is 1.40. The number of ether oxygens (including phenoxy) is 2. The highest BCUT2D eigenvalue weighted by atomic mass is 16.5. The van der Waals surface area contributed by atoms with Gasteiger partial charge in [-0.05, 0) is 19.3 Å². The first-order valence-corrected chi connectivity index (χ1v) is 6.34. The molecule has 0 bridgehead atoms. The number of hydrogen-bond acceptors (Lipinski definition) is 5. The van der Waals surface area contributed by atoms with E-state index in [0.717, 1.165) is 12.8 Å². The Morgan fingerprint density at radius 3 is 2.45 bits per heavy atom. The van der Waals surface area contributed by atoms with Gasteiger partial charge in [0.15, 0.2) is 0 Å². The van der Waals surface area contributed by atoms with E-state index in [1.54, 1.807) is 7.11 Å². The quantitative estimate of drug-likeness (QED) is 0.389. The molecule has 8 heteroatoms. The van der Waals surface area contributed by atoms with Crippen LogP contribution in [0.2, 0.25) is 0 Å². The number of unbranched alkanes of at least 4 members (excludes halogenated alkanes) is 1. The Morgan fingerprint density at radius 2 is 1.90 bits per heavy atom. The smallest absolute Gasteiger partial charge is 0.326 e. The summed E-state index contributed by atoms with van der Waals surface area (Å²) in [6, 6.07) is -1.69. The molecule has 8 nitrogen and oxygen atoms in total. The molecular formula is C12H22N2O6. The number of nitrogens with one attached hydrogen (secondary N) is 2. The van der Waals surface area contributed by atoms with Crippen LogP contribution >= 0.6 is 0 Å². The van der Waals surface area contributed by atoms with Crippen molar-refractivity contribution in [1.29, 1.82) is 0 Å². The van der Waals surface area contributed by atoms with Crippen molar-refractivity contribution in [2.75, 3.05) is 27.4 Å². The molecule has 0 radical (unpaired) electrons. The number of carboxylic acid groups (broad SMARTS) is 1. The molecule has 3 N–H and O–H groups in total. The molecular weight excluding hydrogens is 268 g/mol. The summed E-state index contributed by atoms with van der Waals surface area (Å²) < 4.78 is 9.28. The van der Waals surface area contributed by atoms with Gasteiger partial charge in [-0.3, -0.25) is 4.79 Å². The highest BCUT2D eigenvalue weighted by molar-refractivity contribution is 5.83. The van der Waals surface area contributed by atoms with Gasteiger partial charge in [0.05, 0.1) is 7.11 Å². The maximum Gasteiger partial charge on any atom is 0.326 e. The Balaban J connectivity index is 3.96. The number of carbonyl (C=O) groups is 3. The predicted octanol–water partition coefficient (Wildman–Crippen LogP) is 0.119. The monoisotopic (exact) mass is 290 g/mol. The lowest BCUT2D eigenvalue weighted by molar-refractivity contribution is -0.142. The first kappa shape index (κ1) is 18.2. The Hall–Kier alpha value is -1.83. The molecule has 0 aromatic heterocycles. The molecule has 2 amide bonds. The van der Waals surface area contributed by atoms with Crippen LogP contribution in [0.1, 0.15) is 25.7 Å². The average Bonchev–Trinajstić information content (AvgIpc) is 2.42. The standard InChI is InChI=1S/C12H22N2O6/c1-19-8-4-3-7-13-12(18)14-9(11(16)17)5-6-10(15)20-2/h9H,3-8H2,1-2H3,(H,16,17)(H2,13,14,18)/t9-/m1/s1. The first-order valence-electron chi connectivity index (χ1n) is 6.34. The van der Waals surface area contributed by atoms with Crippen LogP contribution in [0, 0.1) is 0 Å². The molecule has 0 rings (SSSR count). The number of carboxylic acids is 1. The summed E-state index contributed by atoms with van der Waals surface area (Å²) in [5.41, 5.74) is 0. The average molecular weight is 290 g/mol. The third-order valence-corrected chi connectivity index (χ3v) is 2.53. The second kappa shape index (κ2) is 11.0. The molecule has 0 spiro atoms. The number of urea groups is 1. The Bertz CT molecular complexity index is 321. The third-order valence-electron chi connectivity index (χ3n) is 2.53. The van der Waals surface area contributed by atoms with Crippen LogP contribution in [0.5, 0.6) is 0 Å². The molecule has 1 atom stereocenters. The van der Waals surface area contributed by atoms with Crippen molar-refractivity contribution in [3.8, 4) is 0 Å². The molecule has 0 aliphatic heterocycles. The molecule has 0 aromatic rings. The van der Waals surface area contributed by atoms with Crippen molar-refractivity contribution in [2.45, 2.75) is 31.7 Å². The van der Waals surface area contributed by atoms with E-state index in [-0.39, 0.29) is 12.8 Å². The fraction of sp³-hybridized carbons (Fsp3) is 0.750. The van der Waals surface area contributed by atoms with E-state index >= 15 is 0 Å². The molecule has 0 saturated heterocycles. The van der Waals surface area contributed by atoms with E-state index in [4.69, 9.17) is 9.84 Å². The van der Waals surface area contributed by atoms with Gasteiger partial charge in [-0.1, -0.05) is 0 Å². The lowest BCUT2D eigenvalue weighted by atomic mass is 10.1. The lowest BCUT2D eigenvalue weighted by Gasteiger charge is -2.14. The molecule has 20 heavy (non-hydrogen) atoms. The van der Waals surface area contributed by atoms with Crippen molar-refractivity contribution in [1.82, 2.24) is 10.6 Å². The summed E-state index contributed by atoms with van der Waals surface area (Å²) in [6.45, 7) is 1.04. The Labute approximate surface area is 117 Å². The molecule has 0 heterocycles. The molecule has 116 valence electrons. The van der Waals surface area contributed by atoms with Gasteiger partial charge in [0.1, 0.15) is 6.04 Å². The van der Waals surface area contributed by atoms with Crippen molar-refractivity contribution in [2.24, 2.45) is 0 Å². The van der Waals surface area contributed by atoms with E-state index in [1.807, 2.05) is 0 Å². The Morgan fingerprint density at radius 1 is 1.20 bits per heavy atom. The largest absolute Gasteiger partial charge is 0.480 e. The summed E-state index contributed by atoms with van der Waals surface area (Å²) in [5.74, 6) is -1.71. The summed E-state index contributed by atoms with van der Waals surface area (Å²) in [4.78, 5) is 33.4. The summed E-state index contributed by atoms with van der Waals surface area (Å²) in [6.07, 6.45) is 1.46. The number of carbonyl (C=O) groups excluding carboxylic acids is 2. The number of hydrogen-bond donors (Lipinski definition) is 3. The van der Waals surface area contributed by atoms with Gasteiger partial charge >= 0.3 is 18.0 Å². The van der Waals surface area contributed by atoms with Gasteiger partial charge in [0.25, 0.3) is 0 Å². The predicted molar refractivity (Wildman–Crippen MR) is 70.3 cm³/mol. The van der Waals surface area contributed by atoms with Gasteiger partial charge < -0.3 is 25.2 Å². The maximum atomic E-state index is 11.5. The van der Waals surface area contributed by atoms with Crippen LogP contribution in [0.15, 0.2) is 0 Å². The Kier molecular flexibility index (Phi) is 10.0. The van der Waals surface area contributed by atoms with Crippen LogP contribution in [-0.2, 0) is 19.1 Å². The van der Waals surface area contributed by atoms with Gasteiger partial charge in [-0.25, -0.2) is 9.59 Å². The highest BCUT2D eigenvalue weighted by Gasteiger charge is 2.20. The van der Waals surface area contributed by atoms with E-state index in [9.17, 15) is 14.4 Å². The number of rotatable bonds is 10. The molecule has 0 aromatic carbocycles. The van der Waals surface area contributed by atoms with Gasteiger partial charge in [0, 0.05) is 26.7 Å². The van der Waals surface area contributed by atoms with Crippen molar-refractivity contribution >= 4 is 18.0 Å². The van der Waals surface area contributed by atoms with E-state index < -0.39 is 24.0 Å². The van der Waals surface area contributed by atoms with Gasteiger partial charge in [-0.15, -0.1) is 0 Å². The normalized spacial score (nSPS) is 11.5. The van der Waals surface area contributed by atoms with Crippen molar-refractivity contribution < 1.29 is 29.0 Å². The van der Waals surface area contributed by atoms with Crippen LogP contribution in [0.25, 0.3) is 0 Å². The fourth-order valence-electron chi connectivity index (χ4n) is 1.40. The number of methoxy groups -OCH3 is 2. The zero-order valence-electron chi connectivity index (χ0n) is 11.8. The van der Waals surface area contributed by atoms with E-state index in [1.165, 1.54) is 7.11 Å². The molecule has 0 saturated carbocycles. The van der Waals surface area contributed by atoms with Crippen molar-refractivity contribution in [3.63, 3.8) is 0 Å². The SMILES string of the molecule is COCCCCNC(=O)N[C@H](CCC(=O)OC)C(=O)O.